The number of carbonyl (C=O) groups is 1. The lowest BCUT2D eigenvalue weighted by atomic mass is 9.59. The average molecular weight is 473 g/mol. The Hall–Kier alpha value is -0.810. The Kier molecular flexibility index (Phi) is 10.3. The highest BCUT2D eigenvalue weighted by atomic mass is 32.2. The molecule has 0 amide bonds. The van der Waals surface area contributed by atoms with Gasteiger partial charge in [0, 0.05) is 19.0 Å². The summed E-state index contributed by atoms with van der Waals surface area (Å²) in [6.45, 7) is 12.8. The minimum absolute atomic E-state index is 0.00258. The maximum absolute atomic E-state index is 13.5. The van der Waals surface area contributed by atoms with Crippen LogP contribution in [-0.2, 0) is 23.1 Å². The first-order valence-corrected chi connectivity index (χ1v) is 13.7. The van der Waals surface area contributed by atoms with Crippen molar-refractivity contribution in [1.29, 1.82) is 0 Å². The zero-order valence-corrected chi connectivity index (χ0v) is 22.4. The van der Waals surface area contributed by atoms with E-state index < -0.39 is 13.0 Å². The summed E-state index contributed by atoms with van der Waals surface area (Å²) in [4.78, 5) is 13.5. The topological polar surface area (TPSA) is 61.8 Å². The Bertz CT molecular complexity index is 742. The first kappa shape index (κ1) is 28.2. The van der Waals surface area contributed by atoms with E-state index in [9.17, 15) is 9.36 Å². The average Bonchev–Trinajstić information content (AvgIpc) is 2.73. The van der Waals surface area contributed by atoms with Gasteiger partial charge < -0.3 is 13.8 Å². The highest BCUT2D eigenvalue weighted by Gasteiger charge is 2.51. The summed E-state index contributed by atoms with van der Waals surface area (Å²) in [7, 11) is -0.544. The summed E-state index contributed by atoms with van der Waals surface area (Å²) in [5, 5.41) is 0. The van der Waals surface area contributed by atoms with E-state index in [0.717, 1.165) is 6.42 Å². The normalized spacial score (nSPS) is 15.9. The molecule has 5 nitrogen and oxygen atoms in total. The molecule has 2 atom stereocenters. The van der Waals surface area contributed by atoms with Crippen molar-refractivity contribution in [2.45, 2.75) is 65.0 Å². The van der Waals surface area contributed by atoms with E-state index in [2.05, 4.69) is 53.0 Å². The van der Waals surface area contributed by atoms with Gasteiger partial charge in [0.15, 0.2) is 0 Å². The number of hydrogen-bond acceptors (Lipinski definition) is 6. The fourth-order valence-corrected chi connectivity index (χ4v) is 5.33. The van der Waals surface area contributed by atoms with E-state index in [0.29, 0.717) is 12.3 Å². The van der Waals surface area contributed by atoms with Gasteiger partial charge in [0.2, 0.25) is 0 Å². The highest BCUT2D eigenvalue weighted by Crippen LogP contribution is 2.52. The Balaban J connectivity index is 3.12. The molecule has 1 aromatic carbocycles. The van der Waals surface area contributed by atoms with Crippen molar-refractivity contribution in [2.75, 3.05) is 33.2 Å². The predicted molar refractivity (Wildman–Crippen MR) is 131 cm³/mol. The first-order chi connectivity index (χ1) is 14.3. The molecule has 0 bridgehead atoms. The van der Waals surface area contributed by atoms with Crippen LogP contribution in [0.1, 0.15) is 65.9 Å². The van der Waals surface area contributed by atoms with Crippen molar-refractivity contribution >= 4 is 25.3 Å². The van der Waals surface area contributed by atoms with Crippen molar-refractivity contribution in [3.05, 3.63) is 35.9 Å². The van der Waals surface area contributed by atoms with Crippen LogP contribution in [-0.4, -0.2) is 44.0 Å². The van der Waals surface area contributed by atoms with Crippen LogP contribution in [0.15, 0.2) is 30.3 Å². The van der Waals surface area contributed by atoms with E-state index in [1.165, 1.54) is 19.8 Å². The van der Waals surface area contributed by atoms with Crippen LogP contribution in [0, 0.1) is 10.8 Å². The number of carbonyl (C=O) groups excluding carboxylic acids is 1. The Morgan fingerprint density at radius 3 is 2.10 bits per heavy atom. The van der Waals surface area contributed by atoms with Crippen LogP contribution >= 0.6 is 19.4 Å². The van der Waals surface area contributed by atoms with Gasteiger partial charge in [0.05, 0.1) is 11.6 Å². The highest BCUT2D eigenvalue weighted by molar-refractivity contribution is 7.99. The molecule has 2 unspecified atom stereocenters. The fraction of sp³-hybridized carbons (Fsp3) is 0.708. The second-order valence-corrected chi connectivity index (χ2v) is 13.6. The molecule has 31 heavy (non-hydrogen) atoms. The standard InChI is InChI=1S/C24H41O5PS/c1-19(20-13-11-10-12-14-20)17-22(2,3)24(6,18-23(4,5)31-9)21(25)29-15-16-30(26,27-7)28-8/h10-14,19H,15-18H2,1-9H3. The van der Waals surface area contributed by atoms with Crippen LogP contribution in [0.5, 0.6) is 0 Å². The van der Waals surface area contributed by atoms with Gasteiger partial charge in [-0.2, -0.15) is 11.8 Å². The third-order valence-corrected chi connectivity index (χ3v) is 9.71. The van der Waals surface area contributed by atoms with Crippen LogP contribution < -0.4 is 0 Å². The van der Waals surface area contributed by atoms with Crippen LogP contribution in [0.25, 0.3) is 0 Å². The number of benzene rings is 1. The summed E-state index contributed by atoms with van der Waals surface area (Å²) < 4.78 is 27.8. The number of esters is 1. The van der Waals surface area contributed by atoms with Gasteiger partial charge in [-0.25, -0.2) is 0 Å². The molecule has 1 rings (SSSR count). The van der Waals surface area contributed by atoms with E-state index in [1.807, 2.05) is 25.1 Å². The molecular formula is C24H41O5PS. The van der Waals surface area contributed by atoms with Crippen molar-refractivity contribution in [3.63, 3.8) is 0 Å². The van der Waals surface area contributed by atoms with Gasteiger partial charge in [-0.3, -0.25) is 9.36 Å². The number of thioether (sulfide) groups is 1. The monoisotopic (exact) mass is 472 g/mol. The lowest BCUT2D eigenvalue weighted by molar-refractivity contribution is -0.164. The summed E-state index contributed by atoms with van der Waals surface area (Å²) in [6, 6.07) is 10.4. The molecule has 0 aromatic heterocycles. The first-order valence-electron chi connectivity index (χ1n) is 10.7. The van der Waals surface area contributed by atoms with Crippen molar-refractivity contribution in [3.8, 4) is 0 Å². The predicted octanol–water partition coefficient (Wildman–Crippen LogP) is 6.77. The van der Waals surface area contributed by atoms with Crippen molar-refractivity contribution in [2.24, 2.45) is 10.8 Å². The zero-order chi connectivity index (χ0) is 23.9. The Labute approximate surface area is 193 Å². The smallest absolute Gasteiger partial charge is 0.333 e. The SMILES string of the molecule is COP(=O)(CCOC(=O)C(C)(CC(C)(C)SC)C(C)(C)CC(C)c1ccccc1)OC. The maximum atomic E-state index is 13.5. The zero-order valence-electron chi connectivity index (χ0n) is 20.7. The minimum atomic E-state index is -3.22. The number of ether oxygens (including phenoxy) is 1. The molecule has 0 radical (unpaired) electrons. The van der Waals surface area contributed by atoms with E-state index in [4.69, 9.17) is 13.8 Å². The summed E-state index contributed by atoms with van der Waals surface area (Å²) >= 11 is 1.75. The molecule has 0 heterocycles. The third kappa shape index (κ3) is 7.63. The van der Waals surface area contributed by atoms with Gasteiger partial charge in [0.1, 0.15) is 6.61 Å². The quantitative estimate of drug-likeness (QED) is 0.233. The summed E-state index contributed by atoms with van der Waals surface area (Å²) in [5.74, 6) is 0.0292. The van der Waals surface area contributed by atoms with Crippen LogP contribution in [0.2, 0.25) is 0 Å². The lowest BCUT2D eigenvalue weighted by Crippen LogP contribution is -2.47. The van der Waals surface area contributed by atoms with Crippen molar-refractivity contribution in [1.82, 2.24) is 0 Å². The van der Waals surface area contributed by atoms with Gasteiger partial charge in [-0.1, -0.05) is 65.0 Å². The minimum Gasteiger partial charge on any atom is -0.465 e. The second kappa shape index (κ2) is 11.4. The van der Waals surface area contributed by atoms with Gasteiger partial charge in [-0.15, -0.1) is 0 Å². The molecule has 178 valence electrons. The molecule has 1 aromatic rings. The van der Waals surface area contributed by atoms with Gasteiger partial charge >= 0.3 is 13.6 Å². The number of rotatable bonds is 13. The molecule has 0 saturated heterocycles. The Morgan fingerprint density at radius 1 is 1.06 bits per heavy atom. The Morgan fingerprint density at radius 2 is 1.61 bits per heavy atom. The van der Waals surface area contributed by atoms with Gasteiger partial charge in [0.25, 0.3) is 0 Å². The molecule has 0 saturated carbocycles. The van der Waals surface area contributed by atoms with E-state index in [1.54, 1.807) is 11.8 Å². The maximum Gasteiger partial charge on any atom is 0.333 e. The van der Waals surface area contributed by atoms with Crippen LogP contribution in [0.3, 0.4) is 0 Å². The summed E-state index contributed by atoms with van der Waals surface area (Å²) in [5.41, 5.74) is 0.196. The molecule has 0 N–H and O–H groups in total. The third-order valence-electron chi connectivity index (χ3n) is 6.62. The fourth-order valence-electron chi connectivity index (χ4n) is 4.07. The molecule has 0 aliphatic rings. The molecule has 0 aliphatic carbocycles. The largest absolute Gasteiger partial charge is 0.465 e. The second-order valence-electron chi connectivity index (χ2n) is 9.71. The molecule has 0 aliphatic heterocycles. The lowest BCUT2D eigenvalue weighted by Gasteiger charge is -2.47. The van der Waals surface area contributed by atoms with Crippen molar-refractivity contribution < 1.29 is 23.1 Å². The molecular weight excluding hydrogens is 431 g/mol. The van der Waals surface area contributed by atoms with Gasteiger partial charge in [-0.05, 0) is 42.9 Å². The van der Waals surface area contributed by atoms with Crippen LogP contribution in [0.4, 0.5) is 0 Å². The molecule has 0 spiro atoms. The van der Waals surface area contributed by atoms with E-state index >= 15 is 0 Å². The molecule has 7 heteroatoms. The van der Waals surface area contributed by atoms with E-state index in [-0.39, 0.29) is 28.9 Å². The summed E-state index contributed by atoms with van der Waals surface area (Å²) in [6.07, 6.45) is 3.61. The number of hydrogen-bond donors (Lipinski definition) is 0. The molecule has 0 fully saturated rings.